The van der Waals surface area contributed by atoms with Crippen molar-refractivity contribution in [1.29, 1.82) is 0 Å². The topological polar surface area (TPSA) is 49.8 Å². The molecule has 260 valence electrons. The van der Waals surface area contributed by atoms with Gasteiger partial charge in [0.2, 0.25) is 0 Å². The highest BCUT2D eigenvalue weighted by Gasteiger charge is 2.28. The van der Waals surface area contributed by atoms with Crippen LogP contribution in [-0.4, -0.2) is 29.3 Å². The van der Waals surface area contributed by atoms with Gasteiger partial charge in [0.25, 0.3) is 0 Å². The van der Waals surface area contributed by atoms with Crippen LogP contribution in [0.25, 0.3) is 0 Å². The first-order valence-corrected chi connectivity index (χ1v) is 21.3. The van der Waals surface area contributed by atoms with Crippen LogP contribution in [0.2, 0.25) is 0 Å². The van der Waals surface area contributed by atoms with Gasteiger partial charge in [-0.2, -0.15) is 0 Å². The maximum atomic E-state index is 13.1. The molecule has 4 nitrogen and oxygen atoms in total. The number of hydrogen-bond donors (Lipinski definition) is 1. The lowest BCUT2D eigenvalue weighted by Crippen LogP contribution is -2.24. The molecule has 0 amide bonds. The number of nitrogens with zero attached hydrogens (tertiary/aromatic N) is 1. The molecule has 0 aromatic rings. The van der Waals surface area contributed by atoms with E-state index in [-0.39, 0.29) is 0 Å². The van der Waals surface area contributed by atoms with Crippen molar-refractivity contribution in [3.8, 4) is 0 Å². The smallest absolute Gasteiger partial charge is 0.312 e. The van der Waals surface area contributed by atoms with Gasteiger partial charge in [0.1, 0.15) is 0 Å². The monoisotopic (exact) mass is 630 g/mol. The number of rotatable bonds is 37. The lowest BCUT2D eigenvalue weighted by atomic mass is 10.0. The van der Waals surface area contributed by atoms with Crippen molar-refractivity contribution < 1.29 is 14.0 Å². The van der Waals surface area contributed by atoms with E-state index in [1.54, 1.807) is 4.67 Å². The van der Waals surface area contributed by atoms with Gasteiger partial charge in [-0.1, -0.05) is 207 Å². The Balaban J connectivity index is 4.04. The predicted octanol–water partition coefficient (Wildman–Crippen LogP) is 13.9. The van der Waals surface area contributed by atoms with Crippen LogP contribution in [-0.2, 0) is 9.09 Å². The van der Waals surface area contributed by atoms with Crippen LogP contribution in [0.4, 0.5) is 0 Å². The molecular weight excluding hydrogens is 549 g/mol. The minimum Gasteiger partial charge on any atom is -0.312 e. The molecule has 0 heterocycles. The van der Waals surface area contributed by atoms with Gasteiger partial charge in [-0.15, -0.1) is 0 Å². The van der Waals surface area contributed by atoms with Gasteiger partial charge in [0, 0.05) is 13.1 Å². The fraction of sp³-hybridized carbons (Fsp3) is 1.00. The summed E-state index contributed by atoms with van der Waals surface area (Å²) in [5, 5.41) is 0. The molecule has 0 saturated heterocycles. The van der Waals surface area contributed by atoms with Crippen LogP contribution in [0.5, 0.6) is 0 Å². The molecule has 1 atom stereocenters. The van der Waals surface area contributed by atoms with Crippen LogP contribution in [0, 0.1) is 0 Å². The van der Waals surface area contributed by atoms with Crippen molar-refractivity contribution in [2.24, 2.45) is 0 Å². The third-order valence-corrected chi connectivity index (χ3v) is 10.8. The van der Waals surface area contributed by atoms with E-state index >= 15 is 0 Å². The first-order chi connectivity index (χ1) is 21.1. The zero-order chi connectivity index (χ0) is 31.5. The Morgan fingerprint density at radius 2 is 0.628 bits per heavy atom. The fourth-order valence-electron chi connectivity index (χ4n) is 6.14. The average Bonchev–Trinajstić information content (AvgIpc) is 3.00. The number of unbranched alkanes of at least 4 members (excludes halogenated alkanes) is 29. The third kappa shape index (κ3) is 31.9. The van der Waals surface area contributed by atoms with Crippen LogP contribution in [0.3, 0.4) is 0 Å². The molecule has 1 N–H and O–H groups in total. The highest BCUT2D eigenvalue weighted by molar-refractivity contribution is 7.50. The van der Waals surface area contributed by atoms with Crippen LogP contribution in [0.15, 0.2) is 0 Å². The Hall–Kier alpha value is 0.110. The second-order valence-corrected chi connectivity index (χ2v) is 15.3. The van der Waals surface area contributed by atoms with E-state index in [2.05, 4.69) is 20.8 Å². The molecule has 0 aliphatic carbocycles. The van der Waals surface area contributed by atoms with Gasteiger partial charge in [-0.05, 0) is 19.3 Å². The highest BCUT2D eigenvalue weighted by atomic mass is 31.2. The zero-order valence-electron chi connectivity index (χ0n) is 29.9. The summed E-state index contributed by atoms with van der Waals surface area (Å²) in [5.74, 6) is 0. The molecule has 0 fully saturated rings. The summed E-state index contributed by atoms with van der Waals surface area (Å²) in [5.41, 5.74) is 0. The van der Waals surface area contributed by atoms with Gasteiger partial charge in [-0.3, -0.25) is 4.52 Å². The zero-order valence-corrected chi connectivity index (χ0v) is 30.8. The lowest BCUT2D eigenvalue weighted by molar-refractivity contribution is 0.194. The molecule has 1 unspecified atom stereocenters. The van der Waals surface area contributed by atoms with E-state index in [4.69, 9.17) is 4.52 Å². The first-order valence-electron chi connectivity index (χ1n) is 19.8. The SMILES string of the molecule is CCCCCCCCCCCCCCCCN(CCCCCCCCCCCCCCCC)P(=O)(O)OCCCCCC. The molecule has 5 heteroatoms. The van der Waals surface area contributed by atoms with E-state index in [0.717, 1.165) is 38.5 Å². The van der Waals surface area contributed by atoms with Crippen molar-refractivity contribution in [1.82, 2.24) is 4.67 Å². The minimum absolute atomic E-state index is 0.405. The van der Waals surface area contributed by atoms with Crippen LogP contribution in [0.1, 0.15) is 226 Å². The molecule has 0 radical (unpaired) electrons. The minimum atomic E-state index is -3.69. The summed E-state index contributed by atoms with van der Waals surface area (Å²) in [4.78, 5) is 10.8. The standard InChI is InChI=1S/C38H80NO3P/c1-4-7-10-13-15-17-19-21-23-25-27-29-31-33-36-39(43(40,41)42-38-35-12-9-6-3)37-34-32-30-28-26-24-22-20-18-16-14-11-8-5-2/h4-38H2,1-3H3,(H,40,41). The molecule has 0 aliphatic heterocycles. The van der Waals surface area contributed by atoms with E-state index < -0.39 is 7.75 Å². The van der Waals surface area contributed by atoms with Gasteiger partial charge >= 0.3 is 7.75 Å². The molecule has 43 heavy (non-hydrogen) atoms. The van der Waals surface area contributed by atoms with Crippen molar-refractivity contribution in [3.05, 3.63) is 0 Å². The Morgan fingerprint density at radius 3 is 0.907 bits per heavy atom. The van der Waals surface area contributed by atoms with Crippen LogP contribution >= 0.6 is 7.75 Å². The van der Waals surface area contributed by atoms with Gasteiger partial charge < -0.3 is 4.89 Å². The molecule has 0 aromatic heterocycles. The van der Waals surface area contributed by atoms with Crippen molar-refractivity contribution in [3.63, 3.8) is 0 Å². The first kappa shape index (κ1) is 43.1. The molecule has 0 bridgehead atoms. The summed E-state index contributed by atoms with van der Waals surface area (Å²) in [7, 11) is -3.69. The summed E-state index contributed by atoms with van der Waals surface area (Å²) in [6.07, 6.45) is 41.6. The molecule has 0 aromatic carbocycles. The van der Waals surface area contributed by atoms with Crippen molar-refractivity contribution in [2.45, 2.75) is 226 Å². The van der Waals surface area contributed by atoms with E-state index in [1.807, 2.05) is 0 Å². The largest absolute Gasteiger partial charge is 0.405 e. The average molecular weight is 630 g/mol. The maximum Gasteiger partial charge on any atom is 0.405 e. The summed E-state index contributed by atoms with van der Waals surface area (Å²) >= 11 is 0. The van der Waals surface area contributed by atoms with Crippen molar-refractivity contribution >= 4 is 7.75 Å². The van der Waals surface area contributed by atoms with Gasteiger partial charge in [0.15, 0.2) is 0 Å². The number of hydrogen-bond acceptors (Lipinski definition) is 2. The molecule has 0 aliphatic rings. The normalized spacial score (nSPS) is 13.2. The van der Waals surface area contributed by atoms with Gasteiger partial charge in [-0.25, -0.2) is 9.24 Å². The van der Waals surface area contributed by atoms with Gasteiger partial charge in [0.05, 0.1) is 6.61 Å². The van der Waals surface area contributed by atoms with Crippen LogP contribution < -0.4 is 0 Å². The second kappa shape index (κ2) is 35.0. The van der Waals surface area contributed by atoms with E-state index in [1.165, 1.54) is 167 Å². The fourth-order valence-corrected chi connectivity index (χ4v) is 7.45. The molecular formula is C38H80NO3P. The Bertz CT molecular complexity index is 541. The molecule has 0 rings (SSSR count). The van der Waals surface area contributed by atoms with Crippen molar-refractivity contribution in [2.75, 3.05) is 19.7 Å². The van der Waals surface area contributed by atoms with E-state index in [9.17, 15) is 9.46 Å². The highest BCUT2D eigenvalue weighted by Crippen LogP contribution is 2.47. The molecule has 0 saturated carbocycles. The third-order valence-electron chi connectivity index (χ3n) is 9.15. The second-order valence-electron chi connectivity index (χ2n) is 13.5. The Kier molecular flexibility index (Phi) is 35.1. The lowest BCUT2D eigenvalue weighted by Gasteiger charge is -2.26. The molecule has 0 spiro atoms. The predicted molar refractivity (Wildman–Crippen MR) is 192 cm³/mol. The Labute approximate surface area is 271 Å². The summed E-state index contributed by atoms with van der Waals surface area (Å²) in [6.45, 7) is 8.55. The summed E-state index contributed by atoms with van der Waals surface area (Å²) < 4.78 is 20.5. The summed E-state index contributed by atoms with van der Waals surface area (Å²) in [6, 6.07) is 0. The Morgan fingerprint density at radius 1 is 0.395 bits per heavy atom. The van der Waals surface area contributed by atoms with E-state index in [0.29, 0.717) is 19.7 Å². The maximum absolute atomic E-state index is 13.1. The quantitative estimate of drug-likeness (QED) is 0.0548.